The maximum Gasteiger partial charge on any atom is 0.101 e. The smallest absolute Gasteiger partial charge is 0.101 e. The van der Waals surface area contributed by atoms with Gasteiger partial charge in [0.25, 0.3) is 0 Å². The van der Waals surface area contributed by atoms with Crippen molar-refractivity contribution in [1.29, 1.82) is 0 Å². The number of methoxy groups -OCH3 is 1. The third-order valence-corrected chi connectivity index (χ3v) is 1.77. The second-order valence-electron chi connectivity index (χ2n) is 3.11. The highest BCUT2D eigenvalue weighted by atomic mass is 16.5. The average molecular weight is 208 g/mol. The van der Waals surface area contributed by atoms with E-state index in [0.29, 0.717) is 12.8 Å². The molecule has 0 aliphatic heterocycles. The molecule has 0 radical (unpaired) electrons. The highest BCUT2D eigenvalue weighted by molar-refractivity contribution is 4.58. The Hall–Kier alpha value is -0.200. The fraction of sp³-hybridized carbons (Fsp3) is 1.00. The molecule has 5 nitrogen and oxygen atoms in total. The summed E-state index contributed by atoms with van der Waals surface area (Å²) >= 11 is 0. The molecule has 86 valence electrons. The summed E-state index contributed by atoms with van der Waals surface area (Å²) < 4.78 is 9.93. The fourth-order valence-electron chi connectivity index (χ4n) is 1.03. The van der Waals surface area contributed by atoms with E-state index in [4.69, 9.17) is 19.7 Å². The van der Waals surface area contributed by atoms with E-state index in [1.54, 1.807) is 0 Å². The number of ether oxygens (including phenoxy) is 2. The van der Waals surface area contributed by atoms with Crippen molar-refractivity contribution < 1.29 is 24.8 Å². The van der Waals surface area contributed by atoms with Crippen molar-refractivity contribution in [1.82, 2.24) is 0 Å². The first kappa shape index (κ1) is 13.8. The van der Waals surface area contributed by atoms with Gasteiger partial charge in [0.1, 0.15) is 6.10 Å². The molecule has 3 N–H and O–H groups in total. The van der Waals surface area contributed by atoms with E-state index >= 15 is 0 Å². The minimum absolute atomic E-state index is 0.0838. The predicted molar refractivity (Wildman–Crippen MR) is 51.0 cm³/mol. The summed E-state index contributed by atoms with van der Waals surface area (Å²) in [6.45, 7) is 0.350. The second-order valence-corrected chi connectivity index (χ2v) is 3.11. The maximum atomic E-state index is 9.24. The summed E-state index contributed by atoms with van der Waals surface area (Å²) in [5.74, 6) is 0. The Morgan fingerprint density at radius 2 is 1.93 bits per heavy atom. The van der Waals surface area contributed by atoms with Crippen molar-refractivity contribution in [3.05, 3.63) is 0 Å². The third kappa shape index (κ3) is 7.23. The molecule has 0 aliphatic carbocycles. The highest BCUT2D eigenvalue weighted by Gasteiger charge is 2.10. The molecular formula is C9H20O5. The molecule has 0 aromatic heterocycles. The van der Waals surface area contributed by atoms with Crippen molar-refractivity contribution in [3.63, 3.8) is 0 Å². The fourth-order valence-corrected chi connectivity index (χ4v) is 1.03. The zero-order valence-electron chi connectivity index (χ0n) is 8.56. The zero-order chi connectivity index (χ0) is 10.8. The molecular weight excluding hydrogens is 188 g/mol. The molecule has 0 rings (SSSR count). The van der Waals surface area contributed by atoms with Crippen LogP contribution in [0.15, 0.2) is 0 Å². The summed E-state index contributed by atoms with van der Waals surface area (Å²) in [4.78, 5) is 0. The van der Waals surface area contributed by atoms with Crippen molar-refractivity contribution in [3.8, 4) is 0 Å². The van der Waals surface area contributed by atoms with Crippen LogP contribution in [0.5, 0.6) is 0 Å². The van der Waals surface area contributed by atoms with Gasteiger partial charge in [-0.3, -0.25) is 0 Å². The van der Waals surface area contributed by atoms with E-state index in [9.17, 15) is 5.11 Å². The van der Waals surface area contributed by atoms with Crippen LogP contribution in [0, 0.1) is 0 Å². The van der Waals surface area contributed by atoms with Gasteiger partial charge in [0.15, 0.2) is 0 Å². The molecule has 0 fully saturated rings. The van der Waals surface area contributed by atoms with Crippen molar-refractivity contribution in [2.45, 2.75) is 25.0 Å². The summed E-state index contributed by atoms with van der Waals surface area (Å²) in [7, 11) is 1.50. The van der Waals surface area contributed by atoms with Crippen LogP contribution < -0.4 is 0 Å². The standard InChI is InChI=1S/C9H20O5/c1-13-6-8(12)7-14-9(5-11)3-2-4-10/h8-12H,2-7H2,1H3. The molecule has 0 bridgehead atoms. The molecule has 0 amide bonds. The summed E-state index contributed by atoms with van der Waals surface area (Å²) in [5.41, 5.74) is 0. The number of rotatable bonds is 9. The largest absolute Gasteiger partial charge is 0.396 e. The lowest BCUT2D eigenvalue weighted by Gasteiger charge is -2.17. The van der Waals surface area contributed by atoms with Crippen LogP contribution in [0.4, 0.5) is 0 Å². The van der Waals surface area contributed by atoms with Crippen molar-refractivity contribution in [2.24, 2.45) is 0 Å². The summed E-state index contributed by atoms with van der Waals surface area (Å²) in [6.07, 6.45) is 0.204. The summed E-state index contributed by atoms with van der Waals surface area (Å²) in [6, 6.07) is 0. The molecule has 5 heteroatoms. The molecule has 14 heavy (non-hydrogen) atoms. The van der Waals surface area contributed by atoms with Gasteiger partial charge in [0.05, 0.1) is 25.9 Å². The van der Waals surface area contributed by atoms with Crippen LogP contribution >= 0.6 is 0 Å². The van der Waals surface area contributed by atoms with E-state index in [2.05, 4.69) is 0 Å². The summed E-state index contributed by atoms with van der Waals surface area (Å²) in [5, 5.41) is 26.7. The van der Waals surface area contributed by atoms with Crippen LogP contribution in [0.2, 0.25) is 0 Å². The number of aliphatic hydroxyl groups is 3. The Bertz CT molecular complexity index is 120. The molecule has 0 spiro atoms. The number of hydrogen-bond acceptors (Lipinski definition) is 5. The van der Waals surface area contributed by atoms with E-state index in [0.717, 1.165) is 0 Å². The average Bonchev–Trinajstić information content (AvgIpc) is 2.19. The van der Waals surface area contributed by atoms with Crippen LogP contribution in [-0.2, 0) is 9.47 Å². The Labute approximate surface area is 84.3 Å². The first-order chi connectivity index (χ1) is 6.74. The molecule has 0 saturated carbocycles. The van der Waals surface area contributed by atoms with E-state index in [1.807, 2.05) is 0 Å². The van der Waals surface area contributed by atoms with Gasteiger partial charge < -0.3 is 24.8 Å². The second kappa shape index (κ2) is 9.36. The Balaban J connectivity index is 3.50. The van der Waals surface area contributed by atoms with Crippen molar-refractivity contribution in [2.75, 3.05) is 33.5 Å². The van der Waals surface area contributed by atoms with Gasteiger partial charge in [-0.15, -0.1) is 0 Å². The molecule has 2 unspecified atom stereocenters. The van der Waals surface area contributed by atoms with Crippen LogP contribution in [-0.4, -0.2) is 61.1 Å². The zero-order valence-corrected chi connectivity index (χ0v) is 8.56. The van der Waals surface area contributed by atoms with E-state index in [-0.39, 0.29) is 32.5 Å². The van der Waals surface area contributed by atoms with Crippen LogP contribution in [0.1, 0.15) is 12.8 Å². The van der Waals surface area contributed by atoms with Gasteiger partial charge in [-0.1, -0.05) is 0 Å². The van der Waals surface area contributed by atoms with Crippen LogP contribution in [0.25, 0.3) is 0 Å². The van der Waals surface area contributed by atoms with Gasteiger partial charge in [-0.2, -0.15) is 0 Å². The predicted octanol–water partition coefficient (Wildman–Crippen LogP) is -0.856. The van der Waals surface area contributed by atoms with Crippen LogP contribution in [0.3, 0.4) is 0 Å². The lowest BCUT2D eigenvalue weighted by Crippen LogP contribution is -2.27. The van der Waals surface area contributed by atoms with Crippen molar-refractivity contribution >= 4 is 0 Å². The first-order valence-electron chi connectivity index (χ1n) is 4.74. The normalized spacial score (nSPS) is 15.4. The third-order valence-electron chi connectivity index (χ3n) is 1.77. The number of aliphatic hydroxyl groups excluding tert-OH is 3. The van der Waals surface area contributed by atoms with Gasteiger partial charge >= 0.3 is 0 Å². The van der Waals surface area contributed by atoms with Gasteiger partial charge in [0, 0.05) is 13.7 Å². The number of hydrogen-bond donors (Lipinski definition) is 3. The lowest BCUT2D eigenvalue weighted by atomic mass is 10.2. The first-order valence-corrected chi connectivity index (χ1v) is 4.74. The van der Waals surface area contributed by atoms with E-state index in [1.165, 1.54) is 7.11 Å². The minimum atomic E-state index is -0.664. The lowest BCUT2D eigenvalue weighted by molar-refractivity contribution is -0.0552. The Morgan fingerprint density at radius 3 is 2.43 bits per heavy atom. The molecule has 0 heterocycles. The highest BCUT2D eigenvalue weighted by Crippen LogP contribution is 2.02. The SMILES string of the molecule is COCC(O)COC(CO)CCCO. The van der Waals surface area contributed by atoms with Gasteiger partial charge in [0.2, 0.25) is 0 Å². The monoisotopic (exact) mass is 208 g/mol. The molecule has 0 aromatic carbocycles. The molecule has 0 saturated heterocycles. The molecule has 0 aliphatic rings. The Morgan fingerprint density at radius 1 is 1.21 bits per heavy atom. The van der Waals surface area contributed by atoms with E-state index < -0.39 is 6.10 Å². The molecule has 2 atom stereocenters. The van der Waals surface area contributed by atoms with Gasteiger partial charge in [-0.25, -0.2) is 0 Å². The quantitative estimate of drug-likeness (QED) is 0.459. The maximum absolute atomic E-state index is 9.24. The minimum Gasteiger partial charge on any atom is -0.396 e. The van der Waals surface area contributed by atoms with Gasteiger partial charge in [-0.05, 0) is 12.8 Å². The Kier molecular flexibility index (Phi) is 9.23. The topological polar surface area (TPSA) is 79.2 Å². The molecule has 0 aromatic rings.